The number of aliphatic hydroxyl groups is 1. The molecular formula is C25H27FN2O2. The van der Waals surface area contributed by atoms with E-state index in [0.717, 1.165) is 47.5 Å². The number of hydrogen-bond donors (Lipinski definition) is 2. The van der Waals surface area contributed by atoms with Crippen LogP contribution in [0, 0.1) is 5.82 Å². The topological polar surface area (TPSA) is 48.5 Å². The molecule has 156 valence electrons. The molecule has 2 N–H and O–H groups in total. The highest BCUT2D eigenvalue weighted by molar-refractivity contribution is 5.86. The van der Waals surface area contributed by atoms with Crippen molar-refractivity contribution in [3.8, 4) is 5.75 Å². The van der Waals surface area contributed by atoms with Gasteiger partial charge in [0.05, 0.1) is 18.2 Å². The number of fused-ring (bicyclic) bond motifs is 4. The maximum atomic E-state index is 14.5. The van der Waals surface area contributed by atoms with Crippen LogP contribution in [0.1, 0.15) is 23.2 Å². The summed E-state index contributed by atoms with van der Waals surface area (Å²) in [4.78, 5) is 5.60. The molecule has 5 rings (SSSR count). The zero-order chi connectivity index (χ0) is 20.9. The Morgan fingerprint density at radius 1 is 1.27 bits per heavy atom. The van der Waals surface area contributed by atoms with Crippen LogP contribution in [0.5, 0.6) is 5.75 Å². The molecule has 2 atom stereocenters. The molecule has 2 aliphatic rings. The Kier molecular flexibility index (Phi) is 4.49. The smallest absolute Gasteiger partial charge is 0.147 e. The van der Waals surface area contributed by atoms with Crippen LogP contribution >= 0.6 is 0 Å². The first-order valence-electron chi connectivity index (χ1n) is 10.5. The molecule has 1 aliphatic carbocycles. The lowest BCUT2D eigenvalue weighted by molar-refractivity contribution is -0.100. The third-order valence-corrected chi connectivity index (χ3v) is 7.17. The van der Waals surface area contributed by atoms with Gasteiger partial charge in [-0.2, -0.15) is 0 Å². The summed E-state index contributed by atoms with van der Waals surface area (Å²) in [5.41, 5.74) is 2.23. The van der Waals surface area contributed by atoms with Crippen molar-refractivity contribution in [1.82, 2.24) is 9.88 Å². The van der Waals surface area contributed by atoms with Gasteiger partial charge in [0, 0.05) is 42.4 Å². The van der Waals surface area contributed by atoms with Gasteiger partial charge < -0.3 is 14.8 Å². The van der Waals surface area contributed by atoms with Gasteiger partial charge in [0.25, 0.3) is 0 Å². The Morgan fingerprint density at radius 2 is 2.10 bits per heavy atom. The first-order valence-corrected chi connectivity index (χ1v) is 10.5. The van der Waals surface area contributed by atoms with Gasteiger partial charge in [-0.05, 0) is 42.3 Å². The third kappa shape index (κ3) is 2.72. The monoisotopic (exact) mass is 406 g/mol. The number of piperidine rings is 1. The number of likely N-dealkylation sites (tertiary alicyclic amines) is 1. The number of β-amino-alcohol motifs (C(OH)–C–C–N with tert-alkyl or cyclic N) is 1. The molecule has 2 heterocycles. The molecule has 0 saturated carbocycles. The fourth-order valence-corrected chi connectivity index (χ4v) is 5.67. The zero-order valence-electron chi connectivity index (χ0n) is 17.2. The molecule has 0 unspecified atom stereocenters. The maximum absolute atomic E-state index is 14.5. The van der Waals surface area contributed by atoms with Crippen molar-refractivity contribution in [3.05, 3.63) is 77.8 Å². The van der Waals surface area contributed by atoms with Gasteiger partial charge in [-0.1, -0.05) is 30.3 Å². The van der Waals surface area contributed by atoms with Gasteiger partial charge in [0.15, 0.2) is 0 Å². The van der Waals surface area contributed by atoms with Crippen LogP contribution in [0.25, 0.3) is 10.9 Å². The standard InChI is InChI=1S/C25H27FN2O2/c1-3-11-28-12-10-24(17-6-4-7-18(13-17)30-2)15-22-20(14-25(24,29)16-28)19-8-5-9-21(26)23(19)27-22/h3-9,13,27,29H,1,10-12,14-16H2,2H3/t24-,25-/m0/s1. The highest BCUT2D eigenvalue weighted by Gasteiger charge is 2.57. The van der Waals surface area contributed by atoms with E-state index in [1.165, 1.54) is 6.07 Å². The number of aromatic nitrogens is 1. The van der Waals surface area contributed by atoms with E-state index < -0.39 is 11.0 Å². The fourth-order valence-electron chi connectivity index (χ4n) is 5.67. The summed E-state index contributed by atoms with van der Waals surface area (Å²) in [5.74, 6) is 0.534. The zero-order valence-corrected chi connectivity index (χ0v) is 17.2. The van der Waals surface area contributed by atoms with Crippen molar-refractivity contribution in [2.24, 2.45) is 0 Å². The summed E-state index contributed by atoms with van der Waals surface area (Å²) in [6, 6.07) is 13.2. The number of methoxy groups -OCH3 is 1. The minimum absolute atomic E-state index is 0.249. The van der Waals surface area contributed by atoms with Crippen molar-refractivity contribution >= 4 is 10.9 Å². The quantitative estimate of drug-likeness (QED) is 0.645. The summed E-state index contributed by atoms with van der Waals surface area (Å²) in [7, 11) is 1.66. The normalized spacial score (nSPS) is 26.2. The molecule has 4 nitrogen and oxygen atoms in total. The van der Waals surface area contributed by atoms with E-state index in [2.05, 4.69) is 22.5 Å². The number of para-hydroxylation sites is 1. The second kappa shape index (κ2) is 6.96. The van der Waals surface area contributed by atoms with Crippen molar-refractivity contribution in [2.45, 2.75) is 30.3 Å². The molecule has 2 aromatic carbocycles. The van der Waals surface area contributed by atoms with Gasteiger partial charge in [-0.25, -0.2) is 4.39 Å². The first kappa shape index (κ1) is 19.3. The lowest BCUT2D eigenvalue weighted by Crippen LogP contribution is -2.66. The van der Waals surface area contributed by atoms with E-state index in [0.29, 0.717) is 24.9 Å². The molecule has 0 amide bonds. The minimum Gasteiger partial charge on any atom is -0.497 e. The number of benzene rings is 2. The summed E-state index contributed by atoms with van der Waals surface area (Å²) in [6.45, 7) is 6.04. The molecule has 5 heteroatoms. The SMILES string of the molecule is C=CCN1CC[C@@]2(c3cccc(OC)c3)Cc3[nH]c4c(F)cccc4c3C[C@]2(O)C1. The number of aromatic amines is 1. The van der Waals surface area contributed by atoms with Gasteiger partial charge in [0.2, 0.25) is 0 Å². The van der Waals surface area contributed by atoms with Crippen LogP contribution in [0.3, 0.4) is 0 Å². The van der Waals surface area contributed by atoms with Crippen molar-refractivity contribution in [2.75, 3.05) is 26.7 Å². The molecule has 1 fully saturated rings. The molecular weight excluding hydrogens is 379 g/mol. The summed E-state index contributed by atoms with van der Waals surface area (Å²) < 4.78 is 20.0. The van der Waals surface area contributed by atoms with Crippen molar-refractivity contribution in [1.29, 1.82) is 0 Å². The molecule has 30 heavy (non-hydrogen) atoms. The Labute approximate surface area is 176 Å². The number of rotatable bonds is 4. The molecule has 0 spiro atoms. The number of nitrogens with zero attached hydrogens (tertiary/aromatic N) is 1. The summed E-state index contributed by atoms with van der Waals surface area (Å²) in [5, 5.41) is 13.1. The van der Waals surface area contributed by atoms with E-state index in [4.69, 9.17) is 4.74 Å². The molecule has 1 aromatic heterocycles. The molecule has 0 radical (unpaired) electrons. The van der Waals surface area contributed by atoms with E-state index in [1.54, 1.807) is 13.2 Å². The van der Waals surface area contributed by atoms with E-state index in [-0.39, 0.29) is 5.82 Å². The van der Waals surface area contributed by atoms with Gasteiger partial charge in [0.1, 0.15) is 11.6 Å². The van der Waals surface area contributed by atoms with Gasteiger partial charge in [-0.15, -0.1) is 6.58 Å². The van der Waals surface area contributed by atoms with Crippen LogP contribution in [-0.4, -0.2) is 47.3 Å². The third-order valence-electron chi connectivity index (χ3n) is 7.17. The minimum atomic E-state index is -0.977. The number of hydrogen-bond acceptors (Lipinski definition) is 3. The van der Waals surface area contributed by atoms with E-state index in [1.807, 2.05) is 30.3 Å². The average Bonchev–Trinajstić information content (AvgIpc) is 3.10. The first-order chi connectivity index (χ1) is 14.5. The molecule has 0 bridgehead atoms. The lowest BCUT2D eigenvalue weighted by Gasteiger charge is -2.56. The van der Waals surface area contributed by atoms with E-state index >= 15 is 0 Å². The second-order valence-electron chi connectivity index (χ2n) is 8.72. The molecule has 1 aliphatic heterocycles. The Balaban J connectivity index is 1.70. The number of halogens is 1. The second-order valence-corrected chi connectivity index (χ2v) is 8.72. The summed E-state index contributed by atoms with van der Waals surface area (Å²) in [6.07, 6.45) is 3.82. The Hall–Kier alpha value is -2.63. The fraction of sp³-hybridized carbons (Fsp3) is 0.360. The molecule has 1 saturated heterocycles. The number of nitrogens with one attached hydrogen (secondary N) is 1. The van der Waals surface area contributed by atoms with Gasteiger partial charge >= 0.3 is 0 Å². The predicted molar refractivity (Wildman–Crippen MR) is 117 cm³/mol. The van der Waals surface area contributed by atoms with Crippen molar-refractivity contribution < 1.29 is 14.2 Å². The van der Waals surface area contributed by atoms with Crippen LogP contribution in [0.2, 0.25) is 0 Å². The van der Waals surface area contributed by atoms with Crippen LogP contribution < -0.4 is 4.74 Å². The van der Waals surface area contributed by atoms with E-state index in [9.17, 15) is 9.50 Å². The van der Waals surface area contributed by atoms with Crippen LogP contribution in [-0.2, 0) is 18.3 Å². The van der Waals surface area contributed by atoms with Crippen LogP contribution in [0.15, 0.2) is 55.1 Å². The number of H-pyrrole nitrogens is 1. The largest absolute Gasteiger partial charge is 0.497 e. The highest BCUT2D eigenvalue weighted by atomic mass is 19.1. The highest BCUT2D eigenvalue weighted by Crippen LogP contribution is 2.51. The number of ether oxygens (including phenoxy) is 1. The van der Waals surface area contributed by atoms with Crippen LogP contribution in [0.4, 0.5) is 4.39 Å². The molecule has 3 aromatic rings. The van der Waals surface area contributed by atoms with Gasteiger partial charge in [-0.3, -0.25) is 4.90 Å². The maximum Gasteiger partial charge on any atom is 0.147 e. The summed E-state index contributed by atoms with van der Waals surface area (Å²) >= 11 is 0. The Bertz CT molecular complexity index is 1120. The predicted octanol–water partition coefficient (Wildman–Crippen LogP) is 3.98. The Morgan fingerprint density at radius 3 is 2.90 bits per heavy atom. The lowest BCUT2D eigenvalue weighted by atomic mass is 9.56. The van der Waals surface area contributed by atoms with Crippen molar-refractivity contribution in [3.63, 3.8) is 0 Å². The average molecular weight is 407 g/mol.